The minimum atomic E-state index is -0.365. The highest BCUT2D eigenvalue weighted by Crippen LogP contribution is 2.29. The first-order valence-electron chi connectivity index (χ1n) is 5.60. The number of benzene rings is 2. The zero-order chi connectivity index (χ0) is 13.2. The first kappa shape index (κ1) is 11.4. The van der Waals surface area contributed by atoms with E-state index in [-0.39, 0.29) is 17.4 Å². The Morgan fingerprint density at radius 3 is 2.74 bits per heavy atom. The second-order valence-corrected chi connectivity index (χ2v) is 3.91. The van der Waals surface area contributed by atoms with E-state index in [1.54, 1.807) is 18.2 Å². The van der Waals surface area contributed by atoms with Gasteiger partial charge in [0.15, 0.2) is 11.5 Å². The van der Waals surface area contributed by atoms with Crippen LogP contribution in [-0.4, -0.2) is 15.1 Å². The summed E-state index contributed by atoms with van der Waals surface area (Å²) >= 11 is 0. The lowest BCUT2D eigenvalue weighted by molar-refractivity contribution is 0.402. The zero-order valence-electron chi connectivity index (χ0n) is 9.75. The van der Waals surface area contributed by atoms with E-state index >= 15 is 0 Å². The molecule has 0 radical (unpaired) electrons. The van der Waals surface area contributed by atoms with E-state index in [1.807, 2.05) is 0 Å². The maximum absolute atomic E-state index is 13.0. The van der Waals surface area contributed by atoms with Gasteiger partial charge in [0.25, 0.3) is 0 Å². The molecule has 0 bridgehead atoms. The Morgan fingerprint density at radius 2 is 1.89 bits per heavy atom. The molecule has 0 aliphatic heterocycles. The van der Waals surface area contributed by atoms with Crippen LogP contribution in [0.25, 0.3) is 11.0 Å². The Hall–Kier alpha value is -2.69. The van der Waals surface area contributed by atoms with Gasteiger partial charge in [-0.15, -0.1) is 0 Å². The van der Waals surface area contributed by atoms with Crippen molar-refractivity contribution in [3.8, 4) is 17.4 Å². The number of rotatable bonds is 2. The Labute approximate surface area is 108 Å². The number of para-hydroxylation sites is 2. The molecular formula is C14H9FN2O2. The van der Waals surface area contributed by atoms with Crippen molar-refractivity contribution in [2.75, 3.05) is 0 Å². The molecule has 1 N–H and O–H groups in total. The van der Waals surface area contributed by atoms with E-state index in [0.717, 1.165) is 0 Å². The highest BCUT2D eigenvalue weighted by Gasteiger charge is 2.06. The van der Waals surface area contributed by atoms with Gasteiger partial charge in [0.2, 0.25) is 5.88 Å². The largest absolute Gasteiger partial charge is 0.504 e. The summed E-state index contributed by atoms with van der Waals surface area (Å²) in [6.07, 6.45) is 1.38. The number of phenols is 1. The van der Waals surface area contributed by atoms with Crippen LogP contribution in [0.1, 0.15) is 0 Å². The van der Waals surface area contributed by atoms with Crippen LogP contribution in [0.3, 0.4) is 0 Å². The summed E-state index contributed by atoms with van der Waals surface area (Å²) in [5.74, 6) is 0.179. The van der Waals surface area contributed by atoms with Gasteiger partial charge in [0.05, 0.1) is 17.2 Å². The van der Waals surface area contributed by atoms with Crippen LogP contribution >= 0.6 is 0 Å². The third-order valence-electron chi connectivity index (χ3n) is 2.56. The van der Waals surface area contributed by atoms with Gasteiger partial charge in [-0.25, -0.2) is 14.4 Å². The minimum Gasteiger partial charge on any atom is -0.504 e. The molecule has 0 fully saturated rings. The van der Waals surface area contributed by atoms with Crippen LogP contribution in [0, 0.1) is 5.82 Å². The molecule has 0 amide bonds. The monoisotopic (exact) mass is 256 g/mol. The van der Waals surface area contributed by atoms with Crippen LogP contribution in [0.15, 0.2) is 48.7 Å². The molecular weight excluding hydrogens is 247 g/mol. The molecule has 3 aromatic rings. The summed E-state index contributed by atoms with van der Waals surface area (Å²) in [5.41, 5.74) is 0.971. The van der Waals surface area contributed by atoms with E-state index < -0.39 is 0 Å². The molecule has 4 nitrogen and oxygen atoms in total. The van der Waals surface area contributed by atoms with Gasteiger partial charge >= 0.3 is 0 Å². The smallest absolute Gasteiger partial charge is 0.238 e. The van der Waals surface area contributed by atoms with Crippen molar-refractivity contribution >= 4 is 11.0 Å². The third kappa shape index (κ3) is 2.30. The van der Waals surface area contributed by atoms with Gasteiger partial charge in [-0.3, -0.25) is 0 Å². The second-order valence-electron chi connectivity index (χ2n) is 3.91. The Bertz CT molecular complexity index is 746. The maximum Gasteiger partial charge on any atom is 0.238 e. The van der Waals surface area contributed by atoms with Crippen molar-refractivity contribution in [1.29, 1.82) is 0 Å². The molecule has 0 aliphatic carbocycles. The van der Waals surface area contributed by atoms with Gasteiger partial charge < -0.3 is 9.84 Å². The summed E-state index contributed by atoms with van der Waals surface area (Å²) in [6, 6.07) is 10.7. The number of nitrogens with zero attached hydrogens (tertiary/aromatic N) is 2. The first-order valence-corrected chi connectivity index (χ1v) is 5.60. The number of aromatic nitrogens is 2. The van der Waals surface area contributed by atoms with Gasteiger partial charge in [-0.2, -0.15) is 0 Å². The van der Waals surface area contributed by atoms with Gasteiger partial charge in [0.1, 0.15) is 5.82 Å². The molecule has 5 heteroatoms. The fraction of sp³-hybridized carbons (Fsp3) is 0. The molecule has 0 atom stereocenters. The highest BCUT2D eigenvalue weighted by atomic mass is 19.1. The summed E-state index contributed by atoms with van der Waals surface area (Å²) in [5, 5.41) is 9.60. The van der Waals surface area contributed by atoms with E-state index in [9.17, 15) is 9.50 Å². The third-order valence-corrected chi connectivity index (χ3v) is 2.56. The molecule has 0 saturated heterocycles. The van der Waals surface area contributed by atoms with Gasteiger partial charge in [0, 0.05) is 6.07 Å². The number of hydrogen-bond acceptors (Lipinski definition) is 4. The normalized spacial score (nSPS) is 10.6. The lowest BCUT2D eigenvalue weighted by atomic mass is 10.3. The van der Waals surface area contributed by atoms with Gasteiger partial charge in [-0.05, 0) is 24.3 Å². The van der Waals surface area contributed by atoms with Crippen molar-refractivity contribution < 1.29 is 14.2 Å². The molecule has 0 saturated carbocycles. The summed E-state index contributed by atoms with van der Waals surface area (Å²) in [4.78, 5) is 8.25. The lowest BCUT2D eigenvalue weighted by Gasteiger charge is -2.06. The van der Waals surface area contributed by atoms with Gasteiger partial charge in [-0.1, -0.05) is 12.1 Å². The molecule has 3 rings (SSSR count). The minimum absolute atomic E-state index is 0.0171. The highest BCUT2D eigenvalue weighted by molar-refractivity contribution is 5.74. The van der Waals surface area contributed by atoms with Crippen molar-refractivity contribution in [1.82, 2.24) is 9.97 Å². The molecule has 19 heavy (non-hydrogen) atoms. The Balaban J connectivity index is 1.98. The molecule has 94 valence electrons. The van der Waals surface area contributed by atoms with Crippen LogP contribution < -0.4 is 4.74 Å². The quantitative estimate of drug-likeness (QED) is 0.764. The average molecular weight is 256 g/mol. The fourth-order valence-corrected chi connectivity index (χ4v) is 1.67. The van der Waals surface area contributed by atoms with E-state index in [1.165, 1.54) is 30.5 Å². The summed E-state index contributed by atoms with van der Waals surface area (Å²) < 4.78 is 18.4. The van der Waals surface area contributed by atoms with Crippen LogP contribution in [-0.2, 0) is 0 Å². The molecule has 2 aromatic carbocycles. The lowest BCUT2D eigenvalue weighted by Crippen LogP contribution is -1.91. The predicted octanol–water partition coefficient (Wildman–Crippen LogP) is 3.27. The Morgan fingerprint density at radius 1 is 1.05 bits per heavy atom. The number of ether oxygens (including phenoxy) is 1. The average Bonchev–Trinajstić information content (AvgIpc) is 2.41. The molecule has 1 heterocycles. The molecule has 1 aromatic heterocycles. The zero-order valence-corrected chi connectivity index (χ0v) is 9.75. The molecule has 0 unspecified atom stereocenters. The van der Waals surface area contributed by atoms with Crippen LogP contribution in [0.4, 0.5) is 4.39 Å². The number of hydrogen-bond donors (Lipinski definition) is 1. The van der Waals surface area contributed by atoms with Crippen molar-refractivity contribution in [3.05, 3.63) is 54.5 Å². The number of aromatic hydroxyl groups is 1. The van der Waals surface area contributed by atoms with E-state index in [0.29, 0.717) is 16.8 Å². The fourth-order valence-electron chi connectivity index (χ4n) is 1.67. The maximum atomic E-state index is 13.0. The van der Waals surface area contributed by atoms with Crippen molar-refractivity contribution in [2.45, 2.75) is 0 Å². The van der Waals surface area contributed by atoms with Crippen LogP contribution in [0.2, 0.25) is 0 Å². The first-order chi connectivity index (χ1) is 9.22. The molecule has 0 spiro atoms. The Kier molecular flexibility index (Phi) is 2.72. The van der Waals surface area contributed by atoms with E-state index in [4.69, 9.17) is 4.74 Å². The molecule has 0 aliphatic rings. The van der Waals surface area contributed by atoms with E-state index in [2.05, 4.69) is 9.97 Å². The number of fused-ring (bicyclic) bond motifs is 1. The number of phenolic OH excluding ortho intramolecular Hbond substituents is 1. The summed E-state index contributed by atoms with van der Waals surface area (Å²) in [6.45, 7) is 0. The SMILES string of the molecule is Oc1ccccc1Oc1cnc2cc(F)ccc2n1. The topological polar surface area (TPSA) is 55.2 Å². The standard InChI is InChI=1S/C14H9FN2O2/c15-9-5-6-10-11(7-9)16-8-14(17-10)19-13-4-2-1-3-12(13)18/h1-8,18H. The van der Waals surface area contributed by atoms with Crippen molar-refractivity contribution in [2.24, 2.45) is 0 Å². The summed E-state index contributed by atoms with van der Waals surface area (Å²) in [7, 11) is 0. The second kappa shape index (κ2) is 4.53. The van der Waals surface area contributed by atoms with Crippen molar-refractivity contribution in [3.63, 3.8) is 0 Å². The predicted molar refractivity (Wildman–Crippen MR) is 67.7 cm³/mol. The number of halogens is 1. The van der Waals surface area contributed by atoms with Crippen LogP contribution in [0.5, 0.6) is 17.4 Å².